The largest absolute Gasteiger partial charge is 0.457 e. The summed E-state index contributed by atoms with van der Waals surface area (Å²) in [7, 11) is -3.78. The van der Waals surface area contributed by atoms with Crippen molar-refractivity contribution in [3.63, 3.8) is 0 Å². The molecule has 2 heterocycles. The zero-order valence-electron chi connectivity index (χ0n) is 16.5. The van der Waals surface area contributed by atoms with Gasteiger partial charge in [0.05, 0.1) is 10.6 Å². The fourth-order valence-corrected chi connectivity index (χ4v) is 3.67. The van der Waals surface area contributed by atoms with Crippen LogP contribution in [0.2, 0.25) is 0 Å². The second-order valence-electron chi connectivity index (χ2n) is 6.93. The molecule has 3 aromatic rings. The first kappa shape index (κ1) is 20.6. The van der Waals surface area contributed by atoms with Crippen LogP contribution in [0.25, 0.3) is 17.4 Å². The minimum absolute atomic E-state index is 0.00886. The Morgan fingerprint density at radius 2 is 1.68 bits per heavy atom. The highest BCUT2D eigenvalue weighted by atomic mass is 32.2. The van der Waals surface area contributed by atoms with Crippen LogP contribution in [0, 0.1) is 0 Å². The quantitative estimate of drug-likeness (QED) is 0.469. The molecule has 1 saturated heterocycles. The average molecular weight is 437 g/mol. The number of nitrogens with zero attached hydrogens (tertiary/aromatic N) is 1. The molecule has 3 N–H and O–H groups in total. The third-order valence-electron chi connectivity index (χ3n) is 4.88. The molecule has 1 fully saturated rings. The lowest BCUT2D eigenvalue weighted by atomic mass is 10.1. The van der Waals surface area contributed by atoms with Crippen LogP contribution in [0.4, 0.5) is 5.69 Å². The summed E-state index contributed by atoms with van der Waals surface area (Å²) in [5.74, 6) is -0.248. The lowest BCUT2D eigenvalue weighted by Gasteiger charge is -2.14. The van der Waals surface area contributed by atoms with Crippen LogP contribution in [0.15, 0.2) is 75.5 Å². The number of anilines is 1. The Bertz CT molecular complexity index is 1290. The highest BCUT2D eigenvalue weighted by Gasteiger charge is 2.34. The van der Waals surface area contributed by atoms with Crippen molar-refractivity contribution >= 4 is 33.6 Å². The van der Waals surface area contributed by atoms with Crippen LogP contribution < -0.4 is 15.6 Å². The van der Waals surface area contributed by atoms with Crippen molar-refractivity contribution < 1.29 is 22.4 Å². The standard InChI is InChI=1S/C22H19N3O5S/c1-2-14-3-7-16(8-4-14)25-22(27)19(21(26)24-25)13-17-9-12-20(30-17)15-5-10-18(11-6-15)31(23,28)29/h3-13H,2H2,1H3,(H,24,26)(H2,23,28,29). The third-order valence-corrected chi connectivity index (χ3v) is 5.80. The Morgan fingerprint density at radius 3 is 2.29 bits per heavy atom. The Hall–Kier alpha value is -3.69. The topological polar surface area (TPSA) is 123 Å². The summed E-state index contributed by atoms with van der Waals surface area (Å²) in [6, 6.07) is 16.5. The van der Waals surface area contributed by atoms with Crippen LogP contribution in [0.3, 0.4) is 0 Å². The normalized spacial score (nSPS) is 15.5. The molecule has 4 rings (SSSR count). The van der Waals surface area contributed by atoms with E-state index in [9.17, 15) is 18.0 Å². The molecule has 0 radical (unpaired) electrons. The van der Waals surface area contributed by atoms with Gasteiger partial charge in [-0.25, -0.2) is 18.6 Å². The van der Waals surface area contributed by atoms with E-state index in [4.69, 9.17) is 9.56 Å². The summed E-state index contributed by atoms with van der Waals surface area (Å²) in [6.45, 7) is 2.03. The molecule has 2 aromatic carbocycles. The van der Waals surface area contributed by atoms with Crippen molar-refractivity contribution in [1.82, 2.24) is 5.43 Å². The van der Waals surface area contributed by atoms with Gasteiger partial charge < -0.3 is 4.42 Å². The van der Waals surface area contributed by atoms with E-state index in [0.717, 1.165) is 12.0 Å². The number of rotatable bonds is 5. The molecule has 0 saturated carbocycles. The molecule has 0 bridgehead atoms. The van der Waals surface area contributed by atoms with E-state index >= 15 is 0 Å². The lowest BCUT2D eigenvalue weighted by molar-refractivity contribution is -0.117. The number of carbonyl (C=O) groups excluding carboxylic acids is 2. The third kappa shape index (κ3) is 4.14. The van der Waals surface area contributed by atoms with Crippen molar-refractivity contribution in [3.8, 4) is 11.3 Å². The summed E-state index contributed by atoms with van der Waals surface area (Å²) >= 11 is 0. The molecule has 9 heteroatoms. The van der Waals surface area contributed by atoms with Crippen molar-refractivity contribution in [2.45, 2.75) is 18.2 Å². The summed E-state index contributed by atoms with van der Waals surface area (Å²) in [4.78, 5) is 25.1. The Labute approximate surface area is 179 Å². The van der Waals surface area contributed by atoms with Gasteiger partial charge in [0.15, 0.2) is 0 Å². The van der Waals surface area contributed by atoms with E-state index in [2.05, 4.69) is 5.43 Å². The molecular formula is C22H19N3O5S. The highest BCUT2D eigenvalue weighted by Crippen LogP contribution is 2.26. The number of amides is 2. The second kappa shape index (κ2) is 7.86. The predicted molar refractivity (Wildman–Crippen MR) is 115 cm³/mol. The van der Waals surface area contributed by atoms with Gasteiger partial charge in [-0.2, -0.15) is 0 Å². The summed E-state index contributed by atoms with van der Waals surface area (Å²) in [5.41, 5.74) is 4.81. The summed E-state index contributed by atoms with van der Waals surface area (Å²) in [6.07, 6.45) is 2.25. The van der Waals surface area contributed by atoms with Crippen LogP contribution in [-0.4, -0.2) is 20.2 Å². The molecule has 1 aromatic heterocycles. The summed E-state index contributed by atoms with van der Waals surface area (Å²) < 4.78 is 28.5. The van der Waals surface area contributed by atoms with Crippen LogP contribution >= 0.6 is 0 Å². The number of hydrazine groups is 1. The first-order valence-electron chi connectivity index (χ1n) is 9.45. The van der Waals surface area contributed by atoms with Crippen molar-refractivity contribution in [1.29, 1.82) is 0 Å². The van der Waals surface area contributed by atoms with E-state index in [1.165, 1.54) is 23.2 Å². The molecular weight excluding hydrogens is 418 g/mol. The van der Waals surface area contributed by atoms with Crippen molar-refractivity contribution in [2.24, 2.45) is 5.14 Å². The molecule has 0 unspecified atom stereocenters. The molecule has 0 atom stereocenters. The molecule has 31 heavy (non-hydrogen) atoms. The van der Waals surface area contributed by atoms with Gasteiger partial charge in [-0.05, 0) is 66.6 Å². The Balaban J connectivity index is 1.57. The first-order valence-corrected chi connectivity index (χ1v) is 11.0. The number of furan rings is 1. The van der Waals surface area contributed by atoms with Gasteiger partial charge in [0.2, 0.25) is 10.0 Å². The average Bonchev–Trinajstić information content (AvgIpc) is 3.34. The molecule has 2 amide bonds. The molecule has 8 nitrogen and oxygen atoms in total. The molecule has 1 aliphatic rings. The van der Waals surface area contributed by atoms with E-state index in [1.807, 2.05) is 19.1 Å². The van der Waals surface area contributed by atoms with E-state index in [0.29, 0.717) is 22.8 Å². The predicted octanol–water partition coefficient (Wildman–Crippen LogP) is 2.62. The number of carbonyl (C=O) groups is 2. The zero-order valence-corrected chi connectivity index (χ0v) is 17.3. The van der Waals surface area contributed by atoms with Gasteiger partial charge in [0, 0.05) is 5.56 Å². The highest BCUT2D eigenvalue weighted by molar-refractivity contribution is 7.89. The minimum Gasteiger partial charge on any atom is -0.457 e. The van der Waals surface area contributed by atoms with Crippen LogP contribution in [0.5, 0.6) is 0 Å². The number of hydrogen-bond acceptors (Lipinski definition) is 5. The second-order valence-corrected chi connectivity index (χ2v) is 8.49. The van der Waals surface area contributed by atoms with E-state index in [1.54, 1.807) is 36.4 Å². The van der Waals surface area contributed by atoms with Crippen LogP contribution in [0.1, 0.15) is 18.2 Å². The Morgan fingerprint density at radius 1 is 1.00 bits per heavy atom. The number of primary sulfonamides is 1. The van der Waals surface area contributed by atoms with E-state index in [-0.39, 0.29) is 10.5 Å². The molecule has 158 valence electrons. The fraction of sp³-hybridized carbons (Fsp3) is 0.0909. The maximum Gasteiger partial charge on any atom is 0.282 e. The van der Waals surface area contributed by atoms with Gasteiger partial charge >= 0.3 is 0 Å². The van der Waals surface area contributed by atoms with E-state index < -0.39 is 21.8 Å². The first-order chi connectivity index (χ1) is 14.8. The zero-order chi connectivity index (χ0) is 22.2. The fourth-order valence-electron chi connectivity index (χ4n) is 3.16. The van der Waals surface area contributed by atoms with Gasteiger partial charge in [-0.3, -0.25) is 15.0 Å². The van der Waals surface area contributed by atoms with Crippen molar-refractivity contribution in [2.75, 3.05) is 5.01 Å². The number of aryl methyl sites for hydroxylation is 1. The van der Waals surface area contributed by atoms with Crippen molar-refractivity contribution in [3.05, 3.63) is 77.6 Å². The maximum atomic E-state index is 12.7. The molecule has 1 aliphatic heterocycles. The van der Waals surface area contributed by atoms with Crippen LogP contribution in [-0.2, 0) is 26.0 Å². The Kier molecular flexibility index (Phi) is 5.22. The van der Waals surface area contributed by atoms with Gasteiger partial charge in [0.1, 0.15) is 17.1 Å². The lowest BCUT2D eigenvalue weighted by Crippen LogP contribution is -2.35. The monoisotopic (exact) mass is 437 g/mol. The minimum atomic E-state index is -3.78. The smallest absolute Gasteiger partial charge is 0.282 e. The molecule has 0 spiro atoms. The summed E-state index contributed by atoms with van der Waals surface area (Å²) in [5, 5.41) is 6.30. The number of nitrogens with two attached hydrogens (primary N) is 1. The number of benzene rings is 2. The van der Waals surface area contributed by atoms with Gasteiger partial charge in [-0.15, -0.1) is 0 Å². The van der Waals surface area contributed by atoms with Gasteiger partial charge in [-0.1, -0.05) is 19.1 Å². The molecule has 0 aliphatic carbocycles. The number of nitrogens with one attached hydrogen (secondary N) is 1. The number of sulfonamides is 1. The van der Waals surface area contributed by atoms with Gasteiger partial charge in [0.25, 0.3) is 11.8 Å². The maximum absolute atomic E-state index is 12.7. The number of hydrogen-bond donors (Lipinski definition) is 2. The SMILES string of the molecule is CCc1ccc(N2NC(=O)C(=Cc3ccc(-c4ccc(S(N)(=O)=O)cc4)o3)C2=O)cc1.